The Morgan fingerprint density at radius 2 is 2.00 bits per heavy atom. The van der Waals surface area contributed by atoms with Crippen LogP contribution in [0.4, 0.5) is 0 Å². The quantitative estimate of drug-likeness (QED) is 0.855. The maximum absolute atomic E-state index is 12.3. The van der Waals surface area contributed by atoms with Crippen LogP contribution in [0.5, 0.6) is 0 Å². The fourth-order valence-corrected chi connectivity index (χ4v) is 5.38. The Morgan fingerprint density at radius 3 is 2.60 bits per heavy atom. The van der Waals surface area contributed by atoms with Crippen molar-refractivity contribution in [2.24, 2.45) is 5.73 Å². The van der Waals surface area contributed by atoms with E-state index in [0.717, 1.165) is 9.75 Å². The third kappa shape index (κ3) is 3.67. The van der Waals surface area contributed by atoms with Crippen LogP contribution < -0.4 is 10.5 Å². The lowest BCUT2D eigenvalue weighted by atomic mass is 10.3. The van der Waals surface area contributed by atoms with E-state index in [0.29, 0.717) is 17.2 Å². The fourth-order valence-electron chi connectivity index (χ4n) is 1.81. The first-order chi connectivity index (χ1) is 9.42. The van der Waals surface area contributed by atoms with E-state index in [9.17, 15) is 8.42 Å². The van der Waals surface area contributed by atoms with Gasteiger partial charge in [-0.05, 0) is 51.1 Å². The topological polar surface area (TPSA) is 72.2 Å². The Morgan fingerprint density at radius 1 is 1.25 bits per heavy atom. The highest BCUT2D eigenvalue weighted by Crippen LogP contribution is 2.26. The van der Waals surface area contributed by atoms with Crippen LogP contribution in [-0.2, 0) is 16.4 Å². The van der Waals surface area contributed by atoms with Gasteiger partial charge in [-0.1, -0.05) is 0 Å². The highest BCUT2D eigenvalue weighted by molar-refractivity contribution is 7.91. The first kappa shape index (κ1) is 15.7. The lowest BCUT2D eigenvalue weighted by molar-refractivity contribution is 0.570. The average Bonchev–Trinajstić information content (AvgIpc) is 2.98. The Hall–Kier alpha value is -0.730. The summed E-state index contributed by atoms with van der Waals surface area (Å²) in [6, 6.07) is 7.20. The van der Waals surface area contributed by atoms with Crippen molar-refractivity contribution >= 4 is 32.7 Å². The molecule has 0 aliphatic carbocycles. The number of nitrogens with one attached hydrogen (secondary N) is 1. The number of sulfonamides is 1. The summed E-state index contributed by atoms with van der Waals surface area (Å²) in [4.78, 5) is 3.18. The Kier molecular flexibility index (Phi) is 4.98. The van der Waals surface area contributed by atoms with Crippen molar-refractivity contribution in [2.45, 2.75) is 30.5 Å². The molecular weight excluding hydrogens is 312 g/mol. The molecule has 2 aromatic heterocycles. The molecule has 2 rings (SSSR count). The summed E-state index contributed by atoms with van der Waals surface area (Å²) in [5.41, 5.74) is 5.48. The molecular formula is C13H18N2O2S3. The van der Waals surface area contributed by atoms with E-state index in [2.05, 4.69) is 4.72 Å². The molecule has 1 unspecified atom stereocenters. The van der Waals surface area contributed by atoms with Gasteiger partial charge >= 0.3 is 0 Å². The number of hydrogen-bond donors (Lipinski definition) is 2. The molecule has 0 radical (unpaired) electrons. The summed E-state index contributed by atoms with van der Waals surface area (Å²) in [6.07, 6.45) is 0.708. The second-order valence-electron chi connectivity index (χ2n) is 4.55. The van der Waals surface area contributed by atoms with E-state index in [-0.39, 0.29) is 6.04 Å². The van der Waals surface area contributed by atoms with Crippen molar-refractivity contribution in [1.29, 1.82) is 0 Å². The second kappa shape index (κ2) is 6.36. The first-order valence-electron chi connectivity index (χ1n) is 6.30. The van der Waals surface area contributed by atoms with Crippen LogP contribution in [0.25, 0.3) is 0 Å². The minimum absolute atomic E-state index is 0.223. The second-order valence-corrected chi connectivity index (χ2v) is 8.98. The maximum atomic E-state index is 12.3. The van der Waals surface area contributed by atoms with Gasteiger partial charge in [0.05, 0.1) is 6.04 Å². The van der Waals surface area contributed by atoms with Gasteiger partial charge < -0.3 is 5.73 Å². The molecule has 0 spiro atoms. The standard InChI is InChI=1S/C13H18N2O2S3/c1-9-3-5-12(18-9)10(2)15-20(16,17)13-6-4-11(19-13)7-8-14/h3-6,10,15H,7-8,14H2,1-2H3. The van der Waals surface area contributed by atoms with Crippen LogP contribution in [0.1, 0.15) is 27.6 Å². The van der Waals surface area contributed by atoms with Gasteiger partial charge in [0.1, 0.15) is 4.21 Å². The molecule has 2 heterocycles. The zero-order valence-corrected chi connectivity index (χ0v) is 13.9. The highest BCUT2D eigenvalue weighted by Gasteiger charge is 2.21. The van der Waals surface area contributed by atoms with Gasteiger partial charge in [-0.25, -0.2) is 13.1 Å². The Bertz CT molecular complexity index is 673. The van der Waals surface area contributed by atoms with E-state index < -0.39 is 10.0 Å². The minimum Gasteiger partial charge on any atom is -0.330 e. The van der Waals surface area contributed by atoms with E-state index in [4.69, 9.17) is 5.73 Å². The third-order valence-corrected chi connectivity index (χ3v) is 7.17. The van der Waals surface area contributed by atoms with Crippen molar-refractivity contribution in [1.82, 2.24) is 4.72 Å². The van der Waals surface area contributed by atoms with Crippen LogP contribution in [0.15, 0.2) is 28.5 Å². The molecule has 110 valence electrons. The van der Waals surface area contributed by atoms with E-state index in [1.54, 1.807) is 17.4 Å². The van der Waals surface area contributed by atoms with E-state index in [1.165, 1.54) is 16.2 Å². The zero-order valence-electron chi connectivity index (χ0n) is 11.4. The number of rotatable bonds is 6. The molecule has 0 saturated heterocycles. The molecule has 0 fully saturated rings. The SMILES string of the molecule is Cc1ccc(C(C)NS(=O)(=O)c2ccc(CCN)s2)s1. The summed E-state index contributed by atoms with van der Waals surface area (Å²) in [7, 11) is -3.46. The Labute approximate surface area is 127 Å². The lowest BCUT2D eigenvalue weighted by Crippen LogP contribution is -2.25. The summed E-state index contributed by atoms with van der Waals surface area (Å²) in [5, 5.41) is 0. The average molecular weight is 330 g/mol. The van der Waals surface area contributed by atoms with Crippen LogP contribution in [-0.4, -0.2) is 15.0 Å². The molecule has 0 bridgehead atoms. The van der Waals surface area contributed by atoms with Gasteiger partial charge in [-0.2, -0.15) is 0 Å². The number of thiophene rings is 2. The van der Waals surface area contributed by atoms with Gasteiger partial charge in [0, 0.05) is 14.6 Å². The maximum Gasteiger partial charge on any atom is 0.250 e. The largest absolute Gasteiger partial charge is 0.330 e. The molecule has 0 aromatic carbocycles. The molecule has 7 heteroatoms. The molecule has 0 amide bonds. The van der Waals surface area contributed by atoms with Crippen LogP contribution in [0, 0.1) is 6.92 Å². The van der Waals surface area contributed by atoms with Crippen molar-refractivity contribution in [3.63, 3.8) is 0 Å². The summed E-state index contributed by atoms with van der Waals surface area (Å²) >= 11 is 2.88. The van der Waals surface area contributed by atoms with Crippen molar-refractivity contribution in [2.75, 3.05) is 6.54 Å². The van der Waals surface area contributed by atoms with Gasteiger partial charge in [-0.3, -0.25) is 0 Å². The van der Waals surface area contributed by atoms with Crippen LogP contribution in [0.3, 0.4) is 0 Å². The molecule has 0 aliphatic heterocycles. The molecule has 0 aliphatic rings. The van der Waals surface area contributed by atoms with Crippen molar-refractivity contribution < 1.29 is 8.42 Å². The predicted molar refractivity (Wildman–Crippen MR) is 84.9 cm³/mol. The third-order valence-electron chi connectivity index (χ3n) is 2.81. The van der Waals surface area contributed by atoms with Crippen LogP contribution >= 0.6 is 22.7 Å². The highest BCUT2D eigenvalue weighted by atomic mass is 32.2. The first-order valence-corrected chi connectivity index (χ1v) is 9.41. The zero-order chi connectivity index (χ0) is 14.8. The van der Waals surface area contributed by atoms with Gasteiger partial charge in [-0.15, -0.1) is 22.7 Å². The molecule has 0 saturated carbocycles. The van der Waals surface area contributed by atoms with Crippen molar-refractivity contribution in [3.8, 4) is 0 Å². The monoisotopic (exact) mass is 330 g/mol. The smallest absolute Gasteiger partial charge is 0.250 e. The van der Waals surface area contributed by atoms with E-state index >= 15 is 0 Å². The minimum atomic E-state index is -3.46. The lowest BCUT2D eigenvalue weighted by Gasteiger charge is -2.11. The van der Waals surface area contributed by atoms with Gasteiger partial charge in [0.15, 0.2) is 0 Å². The molecule has 1 atom stereocenters. The van der Waals surface area contributed by atoms with Gasteiger partial charge in [0.25, 0.3) is 10.0 Å². The Balaban J connectivity index is 2.13. The predicted octanol–water partition coefficient (Wildman–Crippen LogP) is 2.66. The molecule has 3 N–H and O–H groups in total. The number of aryl methyl sites for hydroxylation is 1. The van der Waals surface area contributed by atoms with E-state index in [1.807, 2.05) is 32.0 Å². The number of hydrogen-bond acceptors (Lipinski definition) is 5. The normalized spacial score (nSPS) is 13.6. The fraction of sp³-hybridized carbons (Fsp3) is 0.385. The van der Waals surface area contributed by atoms with Crippen molar-refractivity contribution in [3.05, 3.63) is 38.9 Å². The molecule has 2 aromatic rings. The number of nitrogens with two attached hydrogens (primary N) is 1. The molecule has 20 heavy (non-hydrogen) atoms. The summed E-state index contributed by atoms with van der Waals surface area (Å²) in [6.45, 7) is 4.39. The summed E-state index contributed by atoms with van der Waals surface area (Å²) in [5.74, 6) is 0. The summed E-state index contributed by atoms with van der Waals surface area (Å²) < 4.78 is 27.7. The molecule has 4 nitrogen and oxygen atoms in total. The van der Waals surface area contributed by atoms with Crippen LogP contribution in [0.2, 0.25) is 0 Å². The van der Waals surface area contributed by atoms with Gasteiger partial charge in [0.2, 0.25) is 0 Å².